The van der Waals surface area contributed by atoms with Gasteiger partial charge in [0.2, 0.25) is 5.91 Å². The molecule has 1 heterocycles. The van der Waals surface area contributed by atoms with Gasteiger partial charge < -0.3 is 15.4 Å². The predicted octanol–water partition coefficient (Wildman–Crippen LogP) is 2.71. The number of benzene rings is 2. The summed E-state index contributed by atoms with van der Waals surface area (Å²) in [6.07, 6.45) is 0.699. The molecule has 0 fully saturated rings. The number of amides is 2. The van der Waals surface area contributed by atoms with Crippen LogP contribution < -0.4 is 15.4 Å². The normalized spacial score (nSPS) is 15.8. The van der Waals surface area contributed by atoms with Gasteiger partial charge in [-0.1, -0.05) is 35.9 Å². The van der Waals surface area contributed by atoms with Crippen LogP contribution in [0.15, 0.2) is 48.5 Å². The summed E-state index contributed by atoms with van der Waals surface area (Å²) in [5.74, 6) is 0.212. The highest BCUT2D eigenvalue weighted by atomic mass is 35.5. The molecule has 6 heteroatoms. The fourth-order valence-electron chi connectivity index (χ4n) is 2.63. The summed E-state index contributed by atoms with van der Waals surface area (Å²) in [4.78, 5) is 24.2. The van der Waals surface area contributed by atoms with Crippen molar-refractivity contribution in [1.29, 1.82) is 0 Å². The molecule has 0 aromatic heterocycles. The van der Waals surface area contributed by atoms with Crippen molar-refractivity contribution < 1.29 is 14.3 Å². The number of hydrogen-bond donors (Lipinski definition) is 2. The molecule has 0 aliphatic carbocycles. The lowest BCUT2D eigenvalue weighted by Gasteiger charge is -2.26. The maximum absolute atomic E-state index is 12.1. The van der Waals surface area contributed by atoms with Crippen LogP contribution in [-0.4, -0.2) is 25.0 Å². The van der Waals surface area contributed by atoms with E-state index in [-0.39, 0.29) is 24.4 Å². The molecule has 5 nitrogen and oxygen atoms in total. The molecule has 124 valence electrons. The predicted molar refractivity (Wildman–Crippen MR) is 91.2 cm³/mol. The van der Waals surface area contributed by atoms with Crippen LogP contribution in [0.1, 0.15) is 28.4 Å². The Morgan fingerprint density at radius 1 is 1.17 bits per heavy atom. The van der Waals surface area contributed by atoms with Gasteiger partial charge in [0.05, 0.1) is 19.2 Å². The zero-order valence-electron chi connectivity index (χ0n) is 12.9. The number of ether oxygens (including phenoxy) is 1. The number of carbonyl (C=O) groups excluding carboxylic acids is 2. The first kappa shape index (κ1) is 16.3. The number of fused-ring (bicyclic) bond motifs is 1. The van der Waals surface area contributed by atoms with E-state index >= 15 is 0 Å². The summed E-state index contributed by atoms with van der Waals surface area (Å²) in [5, 5.41) is 6.01. The first-order valence-corrected chi connectivity index (χ1v) is 8.06. The molecule has 1 unspecified atom stereocenters. The molecular formula is C18H17ClN2O3. The van der Waals surface area contributed by atoms with Crippen LogP contribution in [0.25, 0.3) is 0 Å². The monoisotopic (exact) mass is 344 g/mol. The van der Waals surface area contributed by atoms with Gasteiger partial charge in [-0.15, -0.1) is 0 Å². The van der Waals surface area contributed by atoms with Crippen molar-refractivity contribution in [2.75, 3.05) is 13.2 Å². The number of nitrogens with one attached hydrogen (secondary N) is 2. The number of para-hydroxylation sites is 1. The average molecular weight is 345 g/mol. The molecule has 0 saturated carbocycles. The van der Waals surface area contributed by atoms with E-state index in [0.717, 1.165) is 11.3 Å². The molecule has 1 atom stereocenters. The van der Waals surface area contributed by atoms with Crippen LogP contribution in [0.5, 0.6) is 5.75 Å². The maximum Gasteiger partial charge on any atom is 0.251 e. The Bertz CT molecular complexity index is 763. The second kappa shape index (κ2) is 7.36. The van der Waals surface area contributed by atoms with Crippen molar-refractivity contribution in [2.45, 2.75) is 12.5 Å². The second-order valence-electron chi connectivity index (χ2n) is 5.49. The Kier molecular flexibility index (Phi) is 5.01. The Balaban J connectivity index is 1.56. The molecule has 24 heavy (non-hydrogen) atoms. The van der Waals surface area contributed by atoms with E-state index in [2.05, 4.69) is 10.6 Å². The van der Waals surface area contributed by atoms with Crippen LogP contribution in [0.4, 0.5) is 0 Å². The largest absolute Gasteiger partial charge is 0.493 e. The SMILES string of the molecule is O=C(CNC(=O)c1cccc(Cl)c1)NC1CCOc2ccccc21. The maximum atomic E-state index is 12.1. The molecule has 2 N–H and O–H groups in total. The molecular weight excluding hydrogens is 328 g/mol. The Hall–Kier alpha value is -2.53. The van der Waals surface area contributed by atoms with E-state index in [1.54, 1.807) is 24.3 Å². The van der Waals surface area contributed by atoms with Crippen molar-refractivity contribution >= 4 is 23.4 Å². The molecule has 0 saturated heterocycles. The second-order valence-corrected chi connectivity index (χ2v) is 5.92. The minimum Gasteiger partial charge on any atom is -0.493 e. The molecule has 1 aliphatic rings. The molecule has 2 aromatic carbocycles. The molecule has 1 aliphatic heterocycles. The molecule has 2 aromatic rings. The minimum atomic E-state index is -0.333. The smallest absolute Gasteiger partial charge is 0.251 e. The van der Waals surface area contributed by atoms with Crippen molar-refractivity contribution in [2.24, 2.45) is 0 Å². The van der Waals surface area contributed by atoms with E-state index in [1.807, 2.05) is 24.3 Å². The molecule has 2 amide bonds. The first-order valence-electron chi connectivity index (χ1n) is 7.68. The van der Waals surface area contributed by atoms with Crippen LogP contribution in [0.3, 0.4) is 0 Å². The fourth-order valence-corrected chi connectivity index (χ4v) is 2.82. The Morgan fingerprint density at radius 3 is 2.83 bits per heavy atom. The summed E-state index contributed by atoms with van der Waals surface area (Å²) in [6, 6.07) is 14.1. The average Bonchev–Trinajstić information content (AvgIpc) is 2.60. The summed E-state index contributed by atoms with van der Waals surface area (Å²) in [7, 11) is 0. The Labute approximate surface area is 145 Å². The zero-order valence-corrected chi connectivity index (χ0v) is 13.7. The van der Waals surface area contributed by atoms with Gasteiger partial charge in [-0.3, -0.25) is 9.59 Å². The van der Waals surface area contributed by atoms with E-state index in [1.165, 1.54) is 0 Å². The molecule has 0 bridgehead atoms. The number of halogens is 1. The van der Waals surface area contributed by atoms with Gasteiger partial charge in [0.1, 0.15) is 5.75 Å². The topological polar surface area (TPSA) is 67.4 Å². The van der Waals surface area contributed by atoms with Crippen molar-refractivity contribution in [3.8, 4) is 5.75 Å². The summed E-state index contributed by atoms with van der Waals surface area (Å²) in [5.41, 5.74) is 1.38. The summed E-state index contributed by atoms with van der Waals surface area (Å²) in [6.45, 7) is 0.460. The van der Waals surface area contributed by atoms with Crippen molar-refractivity contribution in [3.05, 3.63) is 64.7 Å². The minimum absolute atomic E-state index is 0.0924. The van der Waals surface area contributed by atoms with Gasteiger partial charge in [-0.05, 0) is 24.3 Å². The Morgan fingerprint density at radius 2 is 2.00 bits per heavy atom. The van der Waals surface area contributed by atoms with Gasteiger partial charge >= 0.3 is 0 Å². The third-order valence-electron chi connectivity index (χ3n) is 3.79. The lowest BCUT2D eigenvalue weighted by molar-refractivity contribution is -0.121. The van der Waals surface area contributed by atoms with E-state index in [0.29, 0.717) is 23.6 Å². The van der Waals surface area contributed by atoms with Gasteiger partial charge in [0.25, 0.3) is 5.91 Å². The highest BCUT2D eigenvalue weighted by molar-refractivity contribution is 6.30. The lowest BCUT2D eigenvalue weighted by atomic mass is 10.0. The van der Waals surface area contributed by atoms with E-state index < -0.39 is 0 Å². The number of hydrogen-bond acceptors (Lipinski definition) is 3. The van der Waals surface area contributed by atoms with Crippen LogP contribution in [-0.2, 0) is 4.79 Å². The van der Waals surface area contributed by atoms with Crippen molar-refractivity contribution in [3.63, 3.8) is 0 Å². The third-order valence-corrected chi connectivity index (χ3v) is 4.03. The zero-order chi connectivity index (χ0) is 16.9. The van der Waals surface area contributed by atoms with Gasteiger partial charge in [-0.2, -0.15) is 0 Å². The number of carbonyl (C=O) groups is 2. The first-order chi connectivity index (χ1) is 11.6. The summed E-state index contributed by atoms with van der Waals surface area (Å²) >= 11 is 5.86. The number of rotatable bonds is 4. The molecule has 0 radical (unpaired) electrons. The highest BCUT2D eigenvalue weighted by Gasteiger charge is 2.22. The third kappa shape index (κ3) is 3.86. The lowest BCUT2D eigenvalue weighted by Crippen LogP contribution is -2.39. The molecule has 3 rings (SSSR count). The van der Waals surface area contributed by atoms with Crippen LogP contribution in [0, 0.1) is 0 Å². The summed E-state index contributed by atoms with van der Waals surface area (Å²) < 4.78 is 5.57. The van der Waals surface area contributed by atoms with Gasteiger partial charge in [-0.25, -0.2) is 0 Å². The highest BCUT2D eigenvalue weighted by Crippen LogP contribution is 2.31. The fraction of sp³-hybridized carbons (Fsp3) is 0.222. The van der Waals surface area contributed by atoms with Gasteiger partial charge in [0.15, 0.2) is 0 Å². The van der Waals surface area contributed by atoms with E-state index in [9.17, 15) is 9.59 Å². The molecule has 0 spiro atoms. The van der Waals surface area contributed by atoms with Crippen LogP contribution in [0.2, 0.25) is 5.02 Å². The van der Waals surface area contributed by atoms with E-state index in [4.69, 9.17) is 16.3 Å². The standard InChI is InChI=1S/C18H17ClN2O3/c19-13-5-3-4-12(10-13)18(23)20-11-17(22)21-15-8-9-24-16-7-2-1-6-14(15)16/h1-7,10,15H,8-9,11H2,(H,20,23)(H,21,22). The quantitative estimate of drug-likeness (QED) is 0.896. The van der Waals surface area contributed by atoms with Crippen molar-refractivity contribution in [1.82, 2.24) is 10.6 Å². The van der Waals surface area contributed by atoms with Gasteiger partial charge in [0, 0.05) is 22.6 Å². The van der Waals surface area contributed by atoms with Crippen LogP contribution >= 0.6 is 11.6 Å².